The van der Waals surface area contributed by atoms with E-state index < -0.39 is 0 Å². The highest BCUT2D eigenvalue weighted by Gasteiger charge is 2.30. The number of nitrogens with zero attached hydrogens (tertiary/aromatic N) is 1. The van der Waals surface area contributed by atoms with Crippen molar-refractivity contribution in [3.63, 3.8) is 0 Å². The van der Waals surface area contributed by atoms with Gasteiger partial charge in [-0.1, -0.05) is 19.1 Å². The molecule has 2 aliphatic heterocycles. The van der Waals surface area contributed by atoms with Gasteiger partial charge in [-0.3, -0.25) is 5.43 Å². The second-order valence-electron chi connectivity index (χ2n) is 6.10. The molecule has 0 spiro atoms. The summed E-state index contributed by atoms with van der Waals surface area (Å²) in [6.07, 6.45) is 1.23. The standard InChI is InChI=1S/C16H26N4/c1-12-13(2)18-19-16(12)14-4-6-15(7-5-14)20-10-3-8-17-9-11-20/h4-7,12-13,16-19H,3,8-11H2,1-2H3. The van der Waals surface area contributed by atoms with Crippen molar-refractivity contribution in [2.24, 2.45) is 5.92 Å². The van der Waals surface area contributed by atoms with Crippen LogP contribution in [0.15, 0.2) is 24.3 Å². The molecular weight excluding hydrogens is 248 g/mol. The van der Waals surface area contributed by atoms with Gasteiger partial charge in [0.2, 0.25) is 0 Å². The van der Waals surface area contributed by atoms with Gasteiger partial charge in [-0.05, 0) is 43.5 Å². The van der Waals surface area contributed by atoms with Crippen LogP contribution in [0.1, 0.15) is 31.9 Å². The molecule has 110 valence electrons. The number of rotatable bonds is 2. The molecule has 1 aromatic carbocycles. The lowest BCUT2D eigenvalue weighted by atomic mass is 9.92. The van der Waals surface area contributed by atoms with Crippen LogP contribution in [0.25, 0.3) is 0 Å². The Hall–Kier alpha value is -1.10. The molecule has 3 N–H and O–H groups in total. The zero-order valence-electron chi connectivity index (χ0n) is 12.5. The van der Waals surface area contributed by atoms with E-state index in [1.54, 1.807) is 0 Å². The third-order valence-electron chi connectivity index (χ3n) is 4.74. The molecule has 3 rings (SSSR count). The SMILES string of the molecule is CC1NNC(c2ccc(N3CCCNCC3)cc2)C1C. The normalized spacial score (nSPS) is 31.3. The third-order valence-corrected chi connectivity index (χ3v) is 4.74. The van der Waals surface area contributed by atoms with Crippen LogP contribution in [0.4, 0.5) is 5.69 Å². The number of hydrogen-bond donors (Lipinski definition) is 3. The molecule has 0 saturated carbocycles. The highest BCUT2D eigenvalue weighted by Crippen LogP contribution is 2.29. The summed E-state index contributed by atoms with van der Waals surface area (Å²) in [4.78, 5) is 2.48. The second-order valence-corrected chi connectivity index (χ2v) is 6.10. The van der Waals surface area contributed by atoms with E-state index in [0.717, 1.165) is 26.2 Å². The molecule has 0 bridgehead atoms. The van der Waals surface area contributed by atoms with Gasteiger partial charge in [0, 0.05) is 31.4 Å². The first kappa shape index (κ1) is 13.9. The monoisotopic (exact) mass is 274 g/mol. The zero-order valence-corrected chi connectivity index (χ0v) is 12.5. The van der Waals surface area contributed by atoms with Crippen LogP contribution in [0.5, 0.6) is 0 Å². The number of hydrazine groups is 1. The van der Waals surface area contributed by atoms with E-state index in [2.05, 4.69) is 59.2 Å². The van der Waals surface area contributed by atoms with Crippen molar-refractivity contribution >= 4 is 5.69 Å². The topological polar surface area (TPSA) is 39.3 Å². The summed E-state index contributed by atoms with van der Waals surface area (Å²) >= 11 is 0. The molecule has 3 unspecified atom stereocenters. The summed E-state index contributed by atoms with van der Waals surface area (Å²) in [6, 6.07) is 10.1. The maximum absolute atomic E-state index is 3.45. The number of nitrogens with one attached hydrogen (secondary N) is 3. The largest absolute Gasteiger partial charge is 0.370 e. The van der Waals surface area contributed by atoms with Crippen LogP contribution >= 0.6 is 0 Å². The first-order chi connectivity index (χ1) is 9.75. The van der Waals surface area contributed by atoms with E-state index in [9.17, 15) is 0 Å². The molecule has 2 saturated heterocycles. The molecular formula is C16H26N4. The van der Waals surface area contributed by atoms with Crippen molar-refractivity contribution in [2.45, 2.75) is 32.4 Å². The van der Waals surface area contributed by atoms with E-state index in [-0.39, 0.29) is 0 Å². The van der Waals surface area contributed by atoms with Crippen molar-refractivity contribution in [3.05, 3.63) is 29.8 Å². The summed E-state index contributed by atoms with van der Waals surface area (Å²) in [7, 11) is 0. The minimum Gasteiger partial charge on any atom is -0.370 e. The number of hydrogen-bond acceptors (Lipinski definition) is 4. The fourth-order valence-electron chi connectivity index (χ4n) is 3.16. The Bertz CT molecular complexity index is 423. The third kappa shape index (κ3) is 2.82. The van der Waals surface area contributed by atoms with Crippen molar-refractivity contribution < 1.29 is 0 Å². The molecule has 4 heteroatoms. The highest BCUT2D eigenvalue weighted by atomic mass is 15.4. The fourth-order valence-corrected chi connectivity index (χ4v) is 3.16. The molecule has 0 radical (unpaired) electrons. The van der Waals surface area contributed by atoms with Crippen molar-refractivity contribution in [3.8, 4) is 0 Å². The van der Waals surface area contributed by atoms with Crippen LogP contribution in [-0.4, -0.2) is 32.2 Å². The lowest BCUT2D eigenvalue weighted by molar-refractivity contribution is 0.475. The Labute approximate surface area is 121 Å². The smallest absolute Gasteiger partial charge is 0.0503 e. The average molecular weight is 274 g/mol. The van der Waals surface area contributed by atoms with Gasteiger partial charge in [-0.2, -0.15) is 0 Å². The van der Waals surface area contributed by atoms with Gasteiger partial charge < -0.3 is 10.2 Å². The Morgan fingerprint density at radius 2 is 1.80 bits per heavy atom. The Kier molecular flexibility index (Phi) is 4.24. The van der Waals surface area contributed by atoms with Gasteiger partial charge in [0.05, 0.1) is 6.04 Å². The minimum atomic E-state index is 0.421. The van der Waals surface area contributed by atoms with Crippen LogP contribution in [-0.2, 0) is 0 Å². The van der Waals surface area contributed by atoms with Crippen LogP contribution < -0.4 is 21.1 Å². The van der Waals surface area contributed by atoms with Gasteiger partial charge in [0.15, 0.2) is 0 Å². The summed E-state index contributed by atoms with van der Waals surface area (Å²) in [5.41, 5.74) is 9.47. The molecule has 3 atom stereocenters. The molecule has 20 heavy (non-hydrogen) atoms. The van der Waals surface area contributed by atoms with Crippen molar-refractivity contribution in [1.82, 2.24) is 16.2 Å². The number of benzene rings is 1. The van der Waals surface area contributed by atoms with Gasteiger partial charge in [-0.25, -0.2) is 5.43 Å². The molecule has 0 aliphatic carbocycles. The highest BCUT2D eigenvalue weighted by molar-refractivity contribution is 5.48. The van der Waals surface area contributed by atoms with Gasteiger partial charge >= 0.3 is 0 Å². The van der Waals surface area contributed by atoms with E-state index >= 15 is 0 Å². The summed E-state index contributed by atoms with van der Waals surface area (Å²) in [5.74, 6) is 0.614. The molecule has 2 heterocycles. The second kappa shape index (κ2) is 6.12. The minimum absolute atomic E-state index is 0.421. The molecule has 2 fully saturated rings. The van der Waals surface area contributed by atoms with Gasteiger partial charge in [0.25, 0.3) is 0 Å². The predicted molar refractivity (Wildman–Crippen MR) is 83.8 cm³/mol. The van der Waals surface area contributed by atoms with Crippen LogP contribution in [0.2, 0.25) is 0 Å². The predicted octanol–water partition coefficient (Wildman–Crippen LogP) is 1.66. The van der Waals surface area contributed by atoms with E-state index in [0.29, 0.717) is 18.0 Å². The zero-order chi connectivity index (χ0) is 13.9. The molecule has 0 aromatic heterocycles. The van der Waals surface area contributed by atoms with Gasteiger partial charge in [0.1, 0.15) is 0 Å². The lowest BCUT2D eigenvalue weighted by Crippen LogP contribution is -2.29. The maximum atomic E-state index is 3.45. The first-order valence-corrected chi connectivity index (χ1v) is 7.82. The quantitative estimate of drug-likeness (QED) is 0.767. The summed E-state index contributed by atoms with van der Waals surface area (Å²) < 4.78 is 0. The van der Waals surface area contributed by atoms with E-state index in [1.807, 2.05) is 0 Å². The Morgan fingerprint density at radius 1 is 1.00 bits per heavy atom. The maximum Gasteiger partial charge on any atom is 0.0503 e. The Morgan fingerprint density at radius 3 is 2.50 bits per heavy atom. The van der Waals surface area contributed by atoms with E-state index in [4.69, 9.17) is 0 Å². The van der Waals surface area contributed by atoms with Crippen molar-refractivity contribution in [1.29, 1.82) is 0 Å². The van der Waals surface area contributed by atoms with Gasteiger partial charge in [-0.15, -0.1) is 0 Å². The van der Waals surface area contributed by atoms with Crippen LogP contribution in [0, 0.1) is 5.92 Å². The first-order valence-electron chi connectivity index (χ1n) is 7.82. The molecule has 4 nitrogen and oxygen atoms in total. The fraction of sp³-hybridized carbons (Fsp3) is 0.625. The molecule has 2 aliphatic rings. The lowest BCUT2D eigenvalue weighted by Gasteiger charge is -2.23. The molecule has 1 aromatic rings. The van der Waals surface area contributed by atoms with Crippen LogP contribution in [0.3, 0.4) is 0 Å². The summed E-state index contributed by atoms with van der Waals surface area (Å²) in [6.45, 7) is 9.03. The van der Waals surface area contributed by atoms with E-state index in [1.165, 1.54) is 17.7 Å². The van der Waals surface area contributed by atoms with Crippen molar-refractivity contribution in [2.75, 3.05) is 31.1 Å². The number of anilines is 1. The summed E-state index contributed by atoms with van der Waals surface area (Å²) in [5, 5.41) is 3.45. The Balaban J connectivity index is 1.71. The average Bonchev–Trinajstić information content (AvgIpc) is 2.71. The molecule has 0 amide bonds.